The number of nitrogens with zero attached hydrogens (tertiary/aromatic N) is 2. The van der Waals surface area contributed by atoms with E-state index in [1.54, 1.807) is 0 Å². The Morgan fingerprint density at radius 1 is 0.645 bits per heavy atom. The minimum absolute atomic E-state index is 0.834. The molecule has 0 saturated carbocycles. The van der Waals surface area contributed by atoms with Gasteiger partial charge in [0.25, 0.3) is 0 Å². The van der Waals surface area contributed by atoms with Crippen LogP contribution in [0.15, 0.2) is 116 Å². The van der Waals surface area contributed by atoms with Gasteiger partial charge in [0.15, 0.2) is 7.14 Å². The first-order valence-electron chi connectivity index (χ1n) is 10.3. The first kappa shape index (κ1) is 18.1. The third-order valence-corrected chi connectivity index (χ3v) is 9.04. The molecule has 0 aliphatic carbocycles. The molecule has 0 atom stereocenters. The summed E-state index contributed by atoms with van der Waals surface area (Å²) in [5.74, 6) is 0. The van der Waals surface area contributed by atoms with E-state index in [0.29, 0.717) is 0 Å². The Bertz CT molecular complexity index is 1560. The molecule has 4 heteroatoms. The molecule has 6 aromatic rings. The minimum Gasteiger partial charge on any atom is -0.309 e. The zero-order chi connectivity index (χ0) is 20.8. The second kappa shape index (κ2) is 6.94. The zero-order valence-electron chi connectivity index (χ0n) is 16.7. The van der Waals surface area contributed by atoms with Crippen LogP contribution in [0.1, 0.15) is 0 Å². The monoisotopic (exact) mass is 418 g/mol. The Labute approximate surface area is 180 Å². The molecule has 0 unspecified atom stereocenters. The second-order valence-corrected chi connectivity index (χ2v) is 10.4. The summed E-state index contributed by atoms with van der Waals surface area (Å²) in [6.45, 7) is 0. The molecular formula is C27H19N2OP. The van der Waals surface area contributed by atoms with Gasteiger partial charge >= 0.3 is 0 Å². The number of imidazole rings is 1. The van der Waals surface area contributed by atoms with Gasteiger partial charge in [-0.15, -0.1) is 0 Å². The van der Waals surface area contributed by atoms with Crippen molar-refractivity contribution < 1.29 is 4.57 Å². The highest BCUT2D eigenvalue weighted by atomic mass is 31.2. The molecule has 0 spiro atoms. The van der Waals surface area contributed by atoms with Crippen molar-refractivity contribution in [3.05, 3.63) is 116 Å². The van der Waals surface area contributed by atoms with Gasteiger partial charge in [-0.05, 0) is 6.07 Å². The van der Waals surface area contributed by atoms with Gasteiger partial charge < -0.3 is 4.57 Å². The fourth-order valence-electron chi connectivity index (χ4n) is 4.57. The fourth-order valence-corrected chi connectivity index (χ4v) is 7.46. The summed E-state index contributed by atoms with van der Waals surface area (Å²) in [6.07, 6.45) is 3.81. The van der Waals surface area contributed by atoms with Crippen molar-refractivity contribution in [3.63, 3.8) is 0 Å². The zero-order valence-corrected chi connectivity index (χ0v) is 17.6. The lowest BCUT2D eigenvalue weighted by atomic mass is 10.1. The van der Waals surface area contributed by atoms with Crippen LogP contribution in [-0.2, 0) is 4.57 Å². The largest absolute Gasteiger partial charge is 0.309 e. The summed E-state index contributed by atoms with van der Waals surface area (Å²) in [6, 6.07) is 34.0. The molecule has 148 valence electrons. The average molecular weight is 418 g/mol. The van der Waals surface area contributed by atoms with E-state index in [9.17, 15) is 0 Å². The van der Waals surface area contributed by atoms with Gasteiger partial charge in [-0.25, -0.2) is 4.98 Å². The van der Waals surface area contributed by atoms with E-state index in [0.717, 1.165) is 43.2 Å². The summed E-state index contributed by atoms with van der Waals surface area (Å²) in [5, 5.41) is 5.61. The van der Waals surface area contributed by atoms with E-state index < -0.39 is 7.14 Å². The molecule has 0 amide bonds. The number of aromatic nitrogens is 2. The Morgan fingerprint density at radius 3 is 1.97 bits per heavy atom. The first-order chi connectivity index (χ1) is 15.3. The van der Waals surface area contributed by atoms with E-state index >= 15 is 4.57 Å². The lowest BCUT2D eigenvalue weighted by Gasteiger charge is -2.22. The Hall–Kier alpha value is -3.68. The highest BCUT2D eigenvalue weighted by molar-refractivity contribution is 7.85. The predicted octanol–water partition coefficient (Wildman–Crippen LogP) is 5.28. The molecule has 6 rings (SSSR count). The lowest BCUT2D eigenvalue weighted by Crippen LogP contribution is -2.25. The van der Waals surface area contributed by atoms with Crippen LogP contribution in [-0.4, -0.2) is 9.38 Å². The maximum absolute atomic E-state index is 15.1. The average Bonchev–Trinajstić information content (AvgIpc) is 3.35. The molecule has 0 fully saturated rings. The molecule has 0 radical (unpaired) electrons. The summed E-state index contributed by atoms with van der Waals surface area (Å²) < 4.78 is 17.2. The van der Waals surface area contributed by atoms with Gasteiger partial charge in [0.1, 0.15) is 5.65 Å². The van der Waals surface area contributed by atoms with Gasteiger partial charge in [-0.3, -0.25) is 4.40 Å². The highest BCUT2D eigenvalue weighted by Gasteiger charge is 2.32. The van der Waals surface area contributed by atoms with Crippen molar-refractivity contribution in [1.29, 1.82) is 0 Å². The topological polar surface area (TPSA) is 34.4 Å². The molecule has 31 heavy (non-hydrogen) atoms. The smallest absolute Gasteiger partial charge is 0.171 e. The van der Waals surface area contributed by atoms with Crippen molar-refractivity contribution in [2.75, 3.05) is 0 Å². The Kier molecular flexibility index (Phi) is 4.05. The van der Waals surface area contributed by atoms with Gasteiger partial charge in [0, 0.05) is 44.5 Å². The van der Waals surface area contributed by atoms with Crippen LogP contribution in [0.2, 0.25) is 0 Å². The van der Waals surface area contributed by atoms with E-state index in [4.69, 9.17) is 0 Å². The van der Waals surface area contributed by atoms with Crippen LogP contribution < -0.4 is 15.9 Å². The van der Waals surface area contributed by atoms with E-state index in [-0.39, 0.29) is 0 Å². The number of hydrogen-bond donors (Lipinski definition) is 0. The van der Waals surface area contributed by atoms with Crippen LogP contribution in [0.3, 0.4) is 0 Å². The molecule has 3 nitrogen and oxygen atoms in total. The highest BCUT2D eigenvalue weighted by Crippen LogP contribution is 2.45. The van der Waals surface area contributed by atoms with Gasteiger partial charge in [-0.1, -0.05) is 97.1 Å². The number of rotatable bonds is 3. The Balaban J connectivity index is 1.84. The van der Waals surface area contributed by atoms with Crippen molar-refractivity contribution >= 4 is 50.4 Å². The quantitative estimate of drug-likeness (QED) is 0.289. The number of benzene rings is 4. The number of fused-ring (bicyclic) bond motifs is 6. The van der Waals surface area contributed by atoms with Crippen LogP contribution >= 0.6 is 7.14 Å². The van der Waals surface area contributed by atoms with Crippen LogP contribution in [0, 0.1) is 0 Å². The van der Waals surface area contributed by atoms with Crippen molar-refractivity contribution in [2.24, 2.45) is 0 Å². The minimum atomic E-state index is -3.12. The third-order valence-electron chi connectivity index (χ3n) is 5.94. The third kappa shape index (κ3) is 2.60. The molecule has 2 aromatic heterocycles. The molecule has 2 heterocycles. The predicted molar refractivity (Wildman–Crippen MR) is 130 cm³/mol. The molecular weight excluding hydrogens is 399 g/mol. The molecule has 0 N–H and O–H groups in total. The second-order valence-electron chi connectivity index (χ2n) is 7.62. The molecule has 4 aromatic carbocycles. The van der Waals surface area contributed by atoms with Crippen molar-refractivity contribution in [1.82, 2.24) is 9.38 Å². The summed E-state index contributed by atoms with van der Waals surface area (Å²) in [4.78, 5) is 4.64. The maximum Gasteiger partial charge on any atom is 0.171 e. The molecule has 0 aliphatic heterocycles. The van der Waals surface area contributed by atoms with Crippen LogP contribution in [0.25, 0.3) is 27.3 Å². The summed E-state index contributed by atoms with van der Waals surface area (Å²) in [5.41, 5.74) is 1.94. The van der Waals surface area contributed by atoms with Gasteiger partial charge in [0.05, 0.1) is 5.52 Å². The number of hydrogen-bond acceptors (Lipinski definition) is 2. The van der Waals surface area contributed by atoms with Crippen LogP contribution in [0.5, 0.6) is 0 Å². The molecule has 0 aliphatic rings. The molecule has 0 bridgehead atoms. The van der Waals surface area contributed by atoms with Crippen molar-refractivity contribution in [2.45, 2.75) is 0 Å². The lowest BCUT2D eigenvalue weighted by molar-refractivity contribution is 0.592. The van der Waals surface area contributed by atoms with Gasteiger partial charge in [-0.2, -0.15) is 0 Å². The fraction of sp³-hybridized carbons (Fsp3) is 0. The summed E-state index contributed by atoms with van der Waals surface area (Å²) in [7, 11) is -3.12. The van der Waals surface area contributed by atoms with E-state index in [2.05, 4.69) is 27.6 Å². The van der Waals surface area contributed by atoms with Crippen molar-refractivity contribution in [3.8, 4) is 0 Å². The standard InChI is InChI=1S/C27H19N2OP/c30-31(20-10-3-1-4-11-20,21-12-5-2-6-13-21)25-17-9-15-23-26(25)22-14-7-8-16-24(22)29-19-18-28-27(23)29/h1-19H. The van der Waals surface area contributed by atoms with Gasteiger partial charge in [0.2, 0.25) is 0 Å². The number of pyridine rings is 1. The maximum atomic E-state index is 15.1. The summed E-state index contributed by atoms with van der Waals surface area (Å²) >= 11 is 0. The van der Waals surface area contributed by atoms with E-state index in [1.807, 2.05) is 97.3 Å². The SMILES string of the molecule is O=P(c1ccccc1)(c1ccccc1)c1cccc2c1c1ccccc1n1ccnc21. The molecule has 0 saturated heterocycles. The Morgan fingerprint density at radius 2 is 1.26 bits per heavy atom. The van der Waals surface area contributed by atoms with E-state index in [1.165, 1.54) is 0 Å². The first-order valence-corrected chi connectivity index (χ1v) is 12.0. The van der Waals surface area contributed by atoms with Crippen LogP contribution in [0.4, 0.5) is 0 Å². The number of para-hydroxylation sites is 1. The normalized spacial score (nSPS) is 12.0.